The molecule has 8 nitrogen and oxygen atoms in total. The van der Waals surface area contributed by atoms with Crippen molar-refractivity contribution >= 4 is 11.6 Å². The lowest BCUT2D eigenvalue weighted by Gasteiger charge is -2.31. The van der Waals surface area contributed by atoms with Crippen LogP contribution >= 0.6 is 0 Å². The predicted octanol–water partition coefficient (Wildman–Crippen LogP) is 1.34. The summed E-state index contributed by atoms with van der Waals surface area (Å²) in [6, 6.07) is 3.60. The smallest absolute Gasteiger partial charge is 0.238 e. The molecule has 0 aliphatic carbocycles. The second kappa shape index (κ2) is 7.50. The zero-order chi connectivity index (χ0) is 16.9. The molecule has 0 bridgehead atoms. The summed E-state index contributed by atoms with van der Waals surface area (Å²) < 4.78 is 5.77. The highest BCUT2D eigenvalue weighted by molar-refractivity contribution is 5.92. The number of morpholine rings is 1. The number of aromatic amines is 1. The van der Waals surface area contributed by atoms with Gasteiger partial charge in [-0.25, -0.2) is 4.98 Å². The van der Waals surface area contributed by atoms with Gasteiger partial charge in [-0.15, -0.1) is 0 Å². The highest BCUT2D eigenvalue weighted by Crippen LogP contribution is 2.20. The van der Waals surface area contributed by atoms with Crippen LogP contribution in [0.4, 0.5) is 5.69 Å². The number of hydrogen-bond acceptors (Lipinski definition) is 6. The Hall–Kier alpha value is -2.32. The van der Waals surface area contributed by atoms with Crippen molar-refractivity contribution in [2.75, 3.05) is 31.6 Å². The van der Waals surface area contributed by atoms with E-state index in [2.05, 4.69) is 30.4 Å². The number of hydrogen-bond donors (Lipinski definition) is 2. The van der Waals surface area contributed by atoms with Gasteiger partial charge in [0.15, 0.2) is 11.6 Å². The van der Waals surface area contributed by atoms with Crippen molar-refractivity contribution in [3.05, 3.63) is 36.2 Å². The first-order valence-corrected chi connectivity index (χ1v) is 8.08. The molecule has 8 heteroatoms. The van der Waals surface area contributed by atoms with Gasteiger partial charge in [0.25, 0.3) is 0 Å². The van der Waals surface area contributed by atoms with Gasteiger partial charge in [0.2, 0.25) is 5.91 Å². The van der Waals surface area contributed by atoms with Crippen LogP contribution in [0.1, 0.15) is 37.5 Å². The molecule has 1 aliphatic heterocycles. The van der Waals surface area contributed by atoms with Crippen molar-refractivity contribution < 1.29 is 9.53 Å². The number of pyridine rings is 1. The molecule has 0 spiro atoms. The third-order valence-corrected chi connectivity index (χ3v) is 3.80. The zero-order valence-electron chi connectivity index (χ0n) is 13.9. The lowest BCUT2D eigenvalue weighted by atomic mass is 10.2. The number of anilines is 1. The van der Waals surface area contributed by atoms with Crippen LogP contribution in [0.15, 0.2) is 24.5 Å². The summed E-state index contributed by atoms with van der Waals surface area (Å²) in [7, 11) is 0. The molecule has 24 heavy (non-hydrogen) atoms. The van der Waals surface area contributed by atoms with Crippen molar-refractivity contribution in [1.82, 2.24) is 25.1 Å². The van der Waals surface area contributed by atoms with Crippen LogP contribution in [0.2, 0.25) is 0 Å². The standard InChI is InChI=1S/C16H22N6O2/c1-11(2)15-19-16(21-20-15)13-9-22(6-7-24-13)10-14(23)18-12-4-3-5-17-8-12/h3-5,8,11,13H,6-7,9-10H2,1-2H3,(H,18,23)(H,19,20,21)/t13-/m1/s1. The molecule has 1 aliphatic rings. The van der Waals surface area contributed by atoms with Crippen LogP contribution in [-0.4, -0.2) is 57.2 Å². The Morgan fingerprint density at radius 3 is 3.12 bits per heavy atom. The number of carbonyl (C=O) groups excluding carboxylic acids is 1. The van der Waals surface area contributed by atoms with E-state index in [1.54, 1.807) is 18.5 Å². The summed E-state index contributed by atoms with van der Waals surface area (Å²) in [5, 5.41) is 10.0. The molecule has 1 atom stereocenters. The third-order valence-electron chi connectivity index (χ3n) is 3.80. The molecule has 2 aromatic heterocycles. The van der Waals surface area contributed by atoms with E-state index in [1.807, 2.05) is 19.9 Å². The largest absolute Gasteiger partial charge is 0.368 e. The number of aromatic nitrogens is 4. The number of H-pyrrole nitrogens is 1. The first-order valence-electron chi connectivity index (χ1n) is 8.08. The number of amides is 1. The summed E-state index contributed by atoms with van der Waals surface area (Å²) in [6.45, 7) is 6.27. The molecule has 0 aromatic carbocycles. The van der Waals surface area contributed by atoms with E-state index in [4.69, 9.17) is 4.74 Å². The van der Waals surface area contributed by atoms with Crippen LogP contribution in [0.5, 0.6) is 0 Å². The van der Waals surface area contributed by atoms with E-state index in [9.17, 15) is 4.79 Å². The maximum absolute atomic E-state index is 12.2. The molecule has 1 fully saturated rings. The molecule has 3 rings (SSSR count). The second-order valence-electron chi connectivity index (χ2n) is 6.12. The Morgan fingerprint density at radius 2 is 2.42 bits per heavy atom. The topological polar surface area (TPSA) is 96.0 Å². The lowest BCUT2D eigenvalue weighted by molar-refractivity contribution is -0.119. The van der Waals surface area contributed by atoms with Crippen LogP contribution in [-0.2, 0) is 9.53 Å². The fourth-order valence-electron chi connectivity index (χ4n) is 2.54. The second-order valence-corrected chi connectivity index (χ2v) is 6.12. The Morgan fingerprint density at radius 1 is 1.54 bits per heavy atom. The van der Waals surface area contributed by atoms with E-state index in [-0.39, 0.29) is 17.9 Å². The Kier molecular flexibility index (Phi) is 5.17. The molecule has 1 amide bonds. The van der Waals surface area contributed by atoms with E-state index in [1.165, 1.54) is 0 Å². The van der Waals surface area contributed by atoms with Gasteiger partial charge < -0.3 is 10.1 Å². The van der Waals surface area contributed by atoms with E-state index in [0.29, 0.717) is 31.9 Å². The van der Waals surface area contributed by atoms with Crippen LogP contribution in [0.3, 0.4) is 0 Å². The molecule has 0 unspecified atom stereocenters. The molecule has 128 valence electrons. The van der Waals surface area contributed by atoms with Gasteiger partial charge in [0, 0.05) is 25.2 Å². The maximum atomic E-state index is 12.2. The van der Waals surface area contributed by atoms with E-state index < -0.39 is 0 Å². The number of ether oxygens (including phenoxy) is 1. The monoisotopic (exact) mass is 330 g/mol. The Labute approximate surface area is 140 Å². The van der Waals surface area contributed by atoms with Crippen LogP contribution in [0, 0.1) is 0 Å². The van der Waals surface area contributed by atoms with Crippen molar-refractivity contribution in [2.24, 2.45) is 0 Å². The SMILES string of the molecule is CC(C)c1n[nH]c([C@H]2CN(CC(=O)Nc3cccnc3)CCO2)n1. The van der Waals surface area contributed by atoms with Gasteiger partial charge in [-0.3, -0.25) is 19.8 Å². The highest BCUT2D eigenvalue weighted by atomic mass is 16.5. The fraction of sp³-hybridized carbons (Fsp3) is 0.500. The number of nitrogens with one attached hydrogen (secondary N) is 2. The van der Waals surface area contributed by atoms with E-state index in [0.717, 1.165) is 11.6 Å². The minimum Gasteiger partial charge on any atom is -0.368 e. The van der Waals surface area contributed by atoms with Gasteiger partial charge in [0.1, 0.15) is 6.10 Å². The van der Waals surface area contributed by atoms with Crippen LogP contribution in [0.25, 0.3) is 0 Å². The number of rotatable bonds is 5. The first-order chi connectivity index (χ1) is 11.6. The average Bonchev–Trinajstić information content (AvgIpc) is 3.06. The molecule has 2 N–H and O–H groups in total. The third kappa shape index (κ3) is 4.15. The Balaban J connectivity index is 1.56. The molecular weight excluding hydrogens is 308 g/mol. The zero-order valence-corrected chi connectivity index (χ0v) is 13.9. The molecule has 2 aromatic rings. The van der Waals surface area contributed by atoms with Crippen LogP contribution < -0.4 is 5.32 Å². The predicted molar refractivity (Wildman–Crippen MR) is 88.5 cm³/mol. The summed E-state index contributed by atoms with van der Waals surface area (Å²) in [5.74, 6) is 1.69. The summed E-state index contributed by atoms with van der Waals surface area (Å²) in [4.78, 5) is 22.7. The lowest BCUT2D eigenvalue weighted by Crippen LogP contribution is -2.42. The molecule has 0 radical (unpaired) electrons. The van der Waals surface area contributed by atoms with Gasteiger partial charge in [-0.05, 0) is 12.1 Å². The van der Waals surface area contributed by atoms with Gasteiger partial charge in [0.05, 0.1) is 25.0 Å². The van der Waals surface area contributed by atoms with Gasteiger partial charge in [-0.1, -0.05) is 13.8 Å². The van der Waals surface area contributed by atoms with Crippen molar-refractivity contribution in [2.45, 2.75) is 25.9 Å². The first kappa shape index (κ1) is 16.5. The van der Waals surface area contributed by atoms with Crippen molar-refractivity contribution in [3.8, 4) is 0 Å². The molecule has 3 heterocycles. The van der Waals surface area contributed by atoms with Gasteiger partial charge in [-0.2, -0.15) is 5.10 Å². The molecule has 1 saturated heterocycles. The number of nitrogens with zero attached hydrogens (tertiary/aromatic N) is 4. The fourth-order valence-corrected chi connectivity index (χ4v) is 2.54. The van der Waals surface area contributed by atoms with Gasteiger partial charge >= 0.3 is 0 Å². The highest BCUT2D eigenvalue weighted by Gasteiger charge is 2.26. The van der Waals surface area contributed by atoms with E-state index >= 15 is 0 Å². The molecular formula is C16H22N6O2. The summed E-state index contributed by atoms with van der Waals surface area (Å²) in [6.07, 6.45) is 3.11. The Bertz CT molecular complexity index is 672. The minimum atomic E-state index is -0.190. The minimum absolute atomic E-state index is 0.0657. The number of carbonyl (C=O) groups is 1. The van der Waals surface area contributed by atoms with Crippen molar-refractivity contribution in [1.29, 1.82) is 0 Å². The molecule has 0 saturated carbocycles. The van der Waals surface area contributed by atoms with Crippen molar-refractivity contribution in [3.63, 3.8) is 0 Å². The average molecular weight is 330 g/mol. The normalized spacial score (nSPS) is 18.7. The summed E-state index contributed by atoms with van der Waals surface area (Å²) in [5.41, 5.74) is 0.698. The quantitative estimate of drug-likeness (QED) is 0.859. The maximum Gasteiger partial charge on any atom is 0.238 e. The summed E-state index contributed by atoms with van der Waals surface area (Å²) >= 11 is 0.